The number of aryl methyl sites for hydroxylation is 2. The number of hydrogen-bond donors (Lipinski definition) is 4. The summed E-state index contributed by atoms with van der Waals surface area (Å²) < 4.78 is 26.6. The topological polar surface area (TPSA) is 155 Å². The van der Waals surface area contributed by atoms with Crippen LogP contribution >= 0.6 is 34.8 Å². The second-order valence-corrected chi connectivity index (χ2v) is 13.6. The van der Waals surface area contributed by atoms with Gasteiger partial charge in [-0.05, 0) is 84.6 Å². The molecule has 10 nitrogen and oxygen atoms in total. The molecule has 2 aromatic carbocycles. The summed E-state index contributed by atoms with van der Waals surface area (Å²) >= 11 is 17.5. The van der Waals surface area contributed by atoms with Crippen molar-refractivity contribution in [2.45, 2.75) is 26.7 Å². The van der Waals surface area contributed by atoms with Crippen LogP contribution in [0.25, 0.3) is 44.1 Å². The number of nitrogens with one attached hydrogen (secondary N) is 3. The predicted molar refractivity (Wildman–Crippen MR) is 225 cm³/mol. The van der Waals surface area contributed by atoms with Crippen molar-refractivity contribution in [3.05, 3.63) is 169 Å². The van der Waals surface area contributed by atoms with E-state index in [0.29, 0.717) is 51.5 Å². The van der Waals surface area contributed by atoms with E-state index in [2.05, 4.69) is 35.2 Å². The molecule has 0 spiro atoms. The third-order valence-corrected chi connectivity index (χ3v) is 9.66. The van der Waals surface area contributed by atoms with Gasteiger partial charge in [-0.1, -0.05) is 60.8 Å². The standard InChI is InChI=1S/C21H16ClFN4O.C13H12ClFN2O.C8H5ClN2/c1-2-17-20(26-19-6-8-25-18-5-7-24-11-14(18)19)10-13(21(28)27-17)12-3-4-16(23)15(22)9-12;1-2-12-11(16)6-8(13(18)17-12)7-3-4-10(15)9(14)5-7;9-7-1-4-11-8-2-3-10-5-6(7)8/h3-11H,2H2,1H3,(H,25,26)(H,27,28);3-6H,2,16H2,1H3,(H,17,18);1-5H. The van der Waals surface area contributed by atoms with Gasteiger partial charge in [-0.15, -0.1) is 0 Å². The Balaban J connectivity index is 0.000000161. The van der Waals surface area contributed by atoms with Crippen LogP contribution in [0.2, 0.25) is 15.1 Å². The molecule has 0 bridgehead atoms. The first-order valence-electron chi connectivity index (χ1n) is 17.5. The van der Waals surface area contributed by atoms with Crippen LogP contribution in [0.3, 0.4) is 0 Å². The Morgan fingerprint density at radius 3 is 1.70 bits per heavy atom. The monoisotopic (exact) mass is 824 g/mol. The van der Waals surface area contributed by atoms with Crippen molar-refractivity contribution in [2.24, 2.45) is 0 Å². The molecule has 0 aliphatic carbocycles. The van der Waals surface area contributed by atoms with Gasteiger partial charge in [0.25, 0.3) is 11.1 Å². The van der Waals surface area contributed by atoms with Crippen molar-refractivity contribution in [3.8, 4) is 22.3 Å². The number of aromatic amines is 2. The largest absolute Gasteiger partial charge is 0.397 e. The molecule has 8 aromatic rings. The molecule has 8 rings (SSSR count). The van der Waals surface area contributed by atoms with Gasteiger partial charge in [0, 0.05) is 70.5 Å². The molecule has 288 valence electrons. The van der Waals surface area contributed by atoms with Crippen LogP contribution in [-0.2, 0) is 12.8 Å². The minimum Gasteiger partial charge on any atom is -0.397 e. The second kappa shape index (κ2) is 18.2. The quantitative estimate of drug-likeness (QED) is 0.129. The minimum atomic E-state index is -0.527. The first-order chi connectivity index (χ1) is 27.5. The second-order valence-electron chi connectivity index (χ2n) is 12.4. The van der Waals surface area contributed by atoms with Gasteiger partial charge in [-0.25, -0.2) is 8.78 Å². The number of rotatable bonds is 6. The molecule has 0 aliphatic rings. The highest BCUT2D eigenvalue weighted by molar-refractivity contribution is 6.35. The molecule has 6 aromatic heterocycles. The molecule has 0 fully saturated rings. The van der Waals surface area contributed by atoms with Gasteiger partial charge >= 0.3 is 0 Å². The summed E-state index contributed by atoms with van der Waals surface area (Å²) in [5, 5.41) is 5.78. The summed E-state index contributed by atoms with van der Waals surface area (Å²) in [5.74, 6) is -1.05. The average molecular weight is 826 g/mol. The Morgan fingerprint density at radius 1 is 0.614 bits per heavy atom. The molecule has 0 atom stereocenters. The van der Waals surface area contributed by atoms with E-state index in [9.17, 15) is 18.4 Å². The highest BCUT2D eigenvalue weighted by Gasteiger charge is 2.13. The van der Waals surface area contributed by atoms with Gasteiger partial charge in [0.1, 0.15) is 11.6 Å². The molecule has 6 heterocycles. The average Bonchev–Trinajstić information content (AvgIpc) is 3.22. The fraction of sp³-hybridized carbons (Fsp3) is 0.0952. The Kier molecular flexibility index (Phi) is 12.9. The van der Waals surface area contributed by atoms with E-state index in [1.165, 1.54) is 36.4 Å². The number of aromatic nitrogens is 6. The van der Waals surface area contributed by atoms with Gasteiger partial charge in [0.2, 0.25) is 0 Å². The lowest BCUT2D eigenvalue weighted by Crippen LogP contribution is -2.13. The summed E-state index contributed by atoms with van der Waals surface area (Å²) in [5.41, 5.74) is 12.4. The maximum atomic E-state index is 13.5. The normalized spacial score (nSPS) is 10.7. The number of halogens is 5. The van der Waals surface area contributed by atoms with E-state index >= 15 is 0 Å². The molecule has 5 N–H and O–H groups in total. The smallest absolute Gasteiger partial charge is 0.256 e. The number of hydrogen-bond acceptors (Lipinski definition) is 8. The van der Waals surface area contributed by atoms with E-state index in [1.54, 1.807) is 55.4 Å². The molecule has 0 unspecified atom stereocenters. The fourth-order valence-corrected chi connectivity index (χ4v) is 6.36. The van der Waals surface area contributed by atoms with Crippen molar-refractivity contribution in [1.29, 1.82) is 0 Å². The van der Waals surface area contributed by atoms with Gasteiger partial charge in [0.05, 0.1) is 43.2 Å². The zero-order valence-corrected chi connectivity index (χ0v) is 32.6. The number of pyridine rings is 6. The van der Waals surface area contributed by atoms with E-state index in [-0.39, 0.29) is 21.2 Å². The zero-order chi connectivity index (χ0) is 40.6. The zero-order valence-electron chi connectivity index (χ0n) is 30.4. The van der Waals surface area contributed by atoms with Gasteiger partial charge in [0.15, 0.2) is 0 Å². The molecule has 0 radical (unpaired) electrons. The fourth-order valence-electron chi connectivity index (χ4n) is 5.79. The molecule has 15 heteroatoms. The molecular weight excluding hydrogens is 793 g/mol. The third kappa shape index (κ3) is 9.43. The van der Waals surface area contributed by atoms with Crippen molar-refractivity contribution >= 4 is 73.7 Å². The number of fused-ring (bicyclic) bond motifs is 2. The number of H-pyrrole nitrogens is 2. The van der Waals surface area contributed by atoms with Crippen molar-refractivity contribution in [2.75, 3.05) is 11.1 Å². The van der Waals surface area contributed by atoms with Crippen LogP contribution in [0.5, 0.6) is 0 Å². The SMILES string of the molecule is CCc1[nH]c(=O)c(-c2ccc(F)c(Cl)c2)cc1N.CCc1[nH]c(=O)c(-c2ccc(F)c(Cl)c2)cc1Nc1ccnc2ccncc12.Clc1ccnc2ccncc12. The number of nitrogens with zero attached hydrogens (tertiary/aromatic N) is 4. The maximum absolute atomic E-state index is 13.5. The molecule has 57 heavy (non-hydrogen) atoms. The lowest BCUT2D eigenvalue weighted by molar-refractivity contribution is 0.628. The Hall–Kier alpha value is -6.21. The number of benzene rings is 2. The molecular formula is C42H33Cl3F2N8O2. The van der Waals surface area contributed by atoms with E-state index < -0.39 is 11.6 Å². The predicted octanol–water partition coefficient (Wildman–Crippen LogP) is 10.3. The van der Waals surface area contributed by atoms with Crippen LogP contribution in [0.4, 0.5) is 25.8 Å². The Bertz CT molecular complexity index is 2840. The van der Waals surface area contributed by atoms with Crippen LogP contribution in [0.15, 0.2) is 120 Å². The highest BCUT2D eigenvalue weighted by atomic mass is 35.5. The summed E-state index contributed by atoms with van der Waals surface area (Å²) in [6, 6.07) is 19.0. The van der Waals surface area contributed by atoms with Crippen molar-refractivity contribution in [1.82, 2.24) is 29.9 Å². The molecule has 0 saturated heterocycles. The van der Waals surface area contributed by atoms with Crippen molar-refractivity contribution in [3.63, 3.8) is 0 Å². The molecule has 0 amide bonds. The first kappa shape index (κ1) is 40.5. The van der Waals surface area contributed by atoms with Gasteiger partial charge in [-0.2, -0.15) is 0 Å². The van der Waals surface area contributed by atoms with Gasteiger partial charge in [-0.3, -0.25) is 29.5 Å². The summed E-state index contributed by atoms with van der Waals surface area (Å²) in [7, 11) is 0. The lowest BCUT2D eigenvalue weighted by atomic mass is 10.1. The van der Waals surface area contributed by atoms with Gasteiger partial charge < -0.3 is 21.0 Å². The Labute approximate surface area is 339 Å². The number of anilines is 3. The molecule has 0 saturated carbocycles. The summed E-state index contributed by atoms with van der Waals surface area (Å²) in [6.07, 6.45) is 11.5. The van der Waals surface area contributed by atoms with E-state index in [4.69, 9.17) is 40.5 Å². The van der Waals surface area contributed by atoms with Crippen LogP contribution in [0, 0.1) is 11.6 Å². The third-order valence-electron chi connectivity index (χ3n) is 8.75. The summed E-state index contributed by atoms with van der Waals surface area (Å²) in [4.78, 5) is 46.7. The lowest BCUT2D eigenvalue weighted by Gasteiger charge is -2.14. The van der Waals surface area contributed by atoms with E-state index in [0.717, 1.165) is 38.9 Å². The van der Waals surface area contributed by atoms with Crippen molar-refractivity contribution < 1.29 is 8.78 Å². The van der Waals surface area contributed by atoms with E-state index in [1.807, 2.05) is 32.0 Å². The van der Waals surface area contributed by atoms with Crippen LogP contribution in [0.1, 0.15) is 25.2 Å². The minimum absolute atomic E-state index is 0.0231. The number of nitrogens with two attached hydrogens (primary N) is 1. The van der Waals surface area contributed by atoms with Crippen LogP contribution in [-0.4, -0.2) is 29.9 Å². The van der Waals surface area contributed by atoms with Crippen LogP contribution < -0.4 is 22.2 Å². The maximum Gasteiger partial charge on any atom is 0.256 e. The Morgan fingerprint density at radius 2 is 1.14 bits per heavy atom. The first-order valence-corrected chi connectivity index (χ1v) is 18.6. The highest BCUT2D eigenvalue weighted by Crippen LogP contribution is 2.30. The molecule has 0 aliphatic heterocycles. The number of nitrogen functional groups attached to an aromatic ring is 1. The summed E-state index contributed by atoms with van der Waals surface area (Å²) in [6.45, 7) is 3.85.